The van der Waals surface area contributed by atoms with Gasteiger partial charge < -0.3 is 19.1 Å². The first-order chi connectivity index (χ1) is 15.3. The predicted molar refractivity (Wildman–Crippen MR) is 122 cm³/mol. The maximum Gasteiger partial charge on any atom is 0.295 e. The van der Waals surface area contributed by atoms with Crippen LogP contribution in [0, 0.1) is 13.8 Å². The van der Waals surface area contributed by atoms with Gasteiger partial charge in [-0.3, -0.25) is 9.59 Å². The minimum Gasteiger partial charge on any atom is -0.505 e. The smallest absolute Gasteiger partial charge is 0.295 e. The number of benzene rings is 1. The summed E-state index contributed by atoms with van der Waals surface area (Å²) in [6, 6.07) is 10.00. The second kappa shape index (κ2) is 8.76. The van der Waals surface area contributed by atoms with Crippen LogP contribution in [0.15, 0.2) is 48.2 Å². The first-order valence-corrected chi connectivity index (χ1v) is 10.7. The van der Waals surface area contributed by atoms with Crippen LogP contribution in [0.5, 0.6) is 0 Å². The van der Waals surface area contributed by atoms with E-state index < -0.39 is 17.7 Å². The number of aliphatic hydroxyl groups is 1. The lowest BCUT2D eigenvalue weighted by Crippen LogP contribution is -2.31. The van der Waals surface area contributed by atoms with Crippen molar-refractivity contribution in [2.24, 2.45) is 0 Å². The largest absolute Gasteiger partial charge is 0.505 e. The van der Waals surface area contributed by atoms with E-state index in [9.17, 15) is 14.7 Å². The number of aromatic nitrogens is 2. The van der Waals surface area contributed by atoms with Gasteiger partial charge in [-0.25, -0.2) is 4.98 Å². The molecule has 3 aromatic rings. The summed E-state index contributed by atoms with van der Waals surface area (Å²) in [4.78, 5) is 32.1. The van der Waals surface area contributed by atoms with Gasteiger partial charge >= 0.3 is 0 Å². The first kappa shape index (κ1) is 22.0. The first-order valence-electron chi connectivity index (χ1n) is 10.3. The summed E-state index contributed by atoms with van der Waals surface area (Å²) in [5, 5.41) is 11.8. The van der Waals surface area contributed by atoms with E-state index in [0.717, 1.165) is 5.56 Å². The van der Waals surface area contributed by atoms with E-state index in [4.69, 9.17) is 16.3 Å². The number of methoxy groups -OCH3 is 1. The van der Waals surface area contributed by atoms with Crippen LogP contribution in [0.1, 0.15) is 35.0 Å². The second-order valence-corrected chi connectivity index (χ2v) is 8.26. The fourth-order valence-electron chi connectivity index (χ4n) is 4.16. The lowest BCUT2D eigenvalue weighted by atomic mass is 9.96. The van der Waals surface area contributed by atoms with Crippen molar-refractivity contribution in [3.05, 3.63) is 75.7 Å². The van der Waals surface area contributed by atoms with Crippen molar-refractivity contribution in [1.82, 2.24) is 14.3 Å². The van der Waals surface area contributed by atoms with Crippen LogP contribution in [-0.4, -0.2) is 51.3 Å². The van der Waals surface area contributed by atoms with Crippen LogP contribution < -0.4 is 0 Å². The Hall–Kier alpha value is -3.16. The summed E-state index contributed by atoms with van der Waals surface area (Å²) in [7, 11) is 1.58. The van der Waals surface area contributed by atoms with E-state index >= 15 is 0 Å². The molecule has 1 N–H and O–H groups in total. The summed E-state index contributed by atoms with van der Waals surface area (Å²) in [5.41, 5.74) is 3.30. The Morgan fingerprint density at radius 2 is 1.91 bits per heavy atom. The third-order valence-electron chi connectivity index (χ3n) is 5.78. The number of likely N-dealkylation sites (tertiary alicyclic amines) is 1. The average molecular weight is 454 g/mol. The number of aryl methyl sites for hydroxylation is 2. The number of carbonyl (C=O) groups is 2. The molecule has 2 aromatic heterocycles. The van der Waals surface area contributed by atoms with Gasteiger partial charge in [-0.05, 0) is 49.6 Å². The van der Waals surface area contributed by atoms with E-state index in [0.29, 0.717) is 41.5 Å². The molecule has 0 spiro atoms. The molecule has 0 bridgehead atoms. The topological polar surface area (TPSA) is 84.1 Å². The highest BCUT2D eigenvalue weighted by molar-refractivity contribution is 6.46. The number of nitrogens with zero attached hydrogens (tertiary/aromatic N) is 3. The summed E-state index contributed by atoms with van der Waals surface area (Å²) >= 11 is 6.05. The Labute approximate surface area is 190 Å². The van der Waals surface area contributed by atoms with Crippen molar-refractivity contribution in [1.29, 1.82) is 0 Å². The van der Waals surface area contributed by atoms with Gasteiger partial charge in [0, 0.05) is 31.5 Å². The highest BCUT2D eigenvalue weighted by Crippen LogP contribution is 2.40. The molecule has 0 saturated carbocycles. The lowest BCUT2D eigenvalue weighted by molar-refractivity contribution is -0.140. The van der Waals surface area contributed by atoms with Gasteiger partial charge in [0.2, 0.25) is 0 Å². The molecule has 1 amide bonds. The van der Waals surface area contributed by atoms with E-state index in [1.807, 2.05) is 36.6 Å². The number of aliphatic hydroxyl groups excluding tert-OH is 1. The van der Waals surface area contributed by atoms with Crippen LogP contribution in [0.4, 0.5) is 0 Å². The number of ketones is 1. The Balaban J connectivity index is 1.89. The molecule has 4 rings (SSSR count). The van der Waals surface area contributed by atoms with Gasteiger partial charge in [0.15, 0.2) is 5.76 Å². The van der Waals surface area contributed by atoms with Crippen LogP contribution in [0.3, 0.4) is 0 Å². The molecule has 1 fully saturated rings. The van der Waals surface area contributed by atoms with E-state index in [-0.39, 0.29) is 17.0 Å². The number of halogens is 1. The molecule has 1 aliphatic heterocycles. The number of rotatable bonds is 6. The molecule has 1 aromatic carbocycles. The lowest BCUT2D eigenvalue weighted by Gasteiger charge is -2.25. The number of carbonyl (C=O) groups excluding carboxylic acids is 2. The molecule has 1 atom stereocenters. The fourth-order valence-corrected chi connectivity index (χ4v) is 4.28. The maximum atomic E-state index is 13.1. The molecule has 0 aliphatic carbocycles. The summed E-state index contributed by atoms with van der Waals surface area (Å²) < 4.78 is 6.97. The maximum absolute atomic E-state index is 13.1. The minimum absolute atomic E-state index is 0.0268. The Morgan fingerprint density at radius 1 is 1.19 bits per heavy atom. The number of imidazole rings is 1. The van der Waals surface area contributed by atoms with Crippen molar-refractivity contribution < 1.29 is 19.4 Å². The summed E-state index contributed by atoms with van der Waals surface area (Å²) in [6.07, 6.45) is 2.40. The number of Topliss-reactive ketones (excluding diaryl/α,β-unsaturated/α-hetero) is 1. The SMILES string of the molecule is COCCCN1C(=O)C(=O)C(=C(O)c2nc3c(C)cccn3c2C)C1c1ccc(Cl)cc1. The molecule has 1 aliphatic rings. The minimum atomic E-state index is -0.741. The zero-order valence-corrected chi connectivity index (χ0v) is 18.9. The number of ether oxygens (including phenoxy) is 1. The molecule has 1 saturated heterocycles. The van der Waals surface area contributed by atoms with Crippen molar-refractivity contribution in [3.63, 3.8) is 0 Å². The molecular formula is C24H24ClN3O4. The summed E-state index contributed by atoms with van der Waals surface area (Å²) in [5.74, 6) is -1.66. The van der Waals surface area contributed by atoms with Crippen molar-refractivity contribution >= 4 is 34.7 Å². The number of pyridine rings is 1. The number of hydrogen-bond acceptors (Lipinski definition) is 5. The standard InChI is InChI=1S/C24H24ClN3O4/c1-14-6-4-11-27-15(2)19(26-23(14)27)21(29)18-20(16-7-9-17(25)10-8-16)28(12-5-13-32-3)24(31)22(18)30/h4,6-11,20,29H,5,12-13H2,1-3H3. The number of hydrogen-bond donors (Lipinski definition) is 1. The molecule has 7 nitrogen and oxygen atoms in total. The Kier molecular flexibility index (Phi) is 6.04. The molecular weight excluding hydrogens is 430 g/mol. The van der Waals surface area contributed by atoms with E-state index in [1.165, 1.54) is 4.90 Å². The highest BCUT2D eigenvalue weighted by atomic mass is 35.5. The van der Waals surface area contributed by atoms with Crippen LogP contribution in [0.2, 0.25) is 5.02 Å². The highest BCUT2D eigenvalue weighted by Gasteiger charge is 2.46. The van der Waals surface area contributed by atoms with Gasteiger partial charge in [-0.2, -0.15) is 0 Å². The third kappa shape index (κ3) is 3.67. The predicted octanol–water partition coefficient (Wildman–Crippen LogP) is 4.06. The zero-order chi connectivity index (χ0) is 23.0. The molecule has 166 valence electrons. The second-order valence-electron chi connectivity index (χ2n) is 7.82. The number of fused-ring (bicyclic) bond motifs is 1. The normalized spacial score (nSPS) is 18.1. The van der Waals surface area contributed by atoms with Crippen LogP contribution in [-0.2, 0) is 14.3 Å². The van der Waals surface area contributed by atoms with Gasteiger partial charge in [-0.15, -0.1) is 0 Å². The Morgan fingerprint density at radius 3 is 2.56 bits per heavy atom. The molecule has 8 heteroatoms. The summed E-state index contributed by atoms with van der Waals surface area (Å²) in [6.45, 7) is 4.50. The Bertz CT molecular complexity index is 1230. The average Bonchev–Trinajstić information content (AvgIpc) is 3.25. The van der Waals surface area contributed by atoms with Gasteiger partial charge in [0.1, 0.15) is 11.3 Å². The van der Waals surface area contributed by atoms with Gasteiger partial charge in [0.05, 0.1) is 17.3 Å². The molecule has 32 heavy (non-hydrogen) atoms. The molecule has 3 heterocycles. The molecule has 1 unspecified atom stereocenters. The van der Waals surface area contributed by atoms with Crippen LogP contribution >= 0.6 is 11.6 Å². The third-order valence-corrected chi connectivity index (χ3v) is 6.03. The van der Waals surface area contributed by atoms with E-state index in [2.05, 4.69) is 4.98 Å². The van der Waals surface area contributed by atoms with Gasteiger partial charge in [-0.1, -0.05) is 29.8 Å². The zero-order valence-electron chi connectivity index (χ0n) is 18.1. The fraction of sp³-hybridized carbons (Fsp3) is 0.292. The quantitative estimate of drug-likeness (QED) is 0.263. The van der Waals surface area contributed by atoms with E-state index in [1.54, 1.807) is 31.4 Å². The van der Waals surface area contributed by atoms with Crippen molar-refractivity contribution in [2.45, 2.75) is 26.3 Å². The van der Waals surface area contributed by atoms with Crippen LogP contribution in [0.25, 0.3) is 11.4 Å². The van der Waals surface area contributed by atoms with Crippen molar-refractivity contribution in [2.75, 3.05) is 20.3 Å². The van der Waals surface area contributed by atoms with Gasteiger partial charge in [0.25, 0.3) is 11.7 Å². The molecule has 0 radical (unpaired) electrons. The van der Waals surface area contributed by atoms with Crippen molar-refractivity contribution in [3.8, 4) is 0 Å². The number of amides is 1. The monoisotopic (exact) mass is 453 g/mol.